The summed E-state index contributed by atoms with van der Waals surface area (Å²) in [7, 11) is 0. The van der Waals surface area contributed by atoms with Crippen LogP contribution in [0, 0.1) is 12.8 Å². The number of amides is 2. The van der Waals surface area contributed by atoms with Crippen molar-refractivity contribution >= 4 is 29.0 Å². The Balaban J connectivity index is 0.988. The third-order valence-corrected chi connectivity index (χ3v) is 10.2. The van der Waals surface area contributed by atoms with Crippen molar-refractivity contribution < 1.29 is 14.1 Å². The standard InChI is InChI=1S/C32H43N7O3S/c1-22(25-5-7-26(8-6-25)31-23(2)34-21-43-31)35-32(41)28-4-3-13-39(28)30(40)19-27-18-29(36-42-27)38-16-14-37(15-17-38)20-24-9-11-33-12-10-24/h5-8,18,21-22,24,28,33H,3-4,9-17,19-20H2,1-2H3,(H,35,41). The van der Waals surface area contributed by atoms with Gasteiger partial charge in [-0.15, -0.1) is 11.3 Å². The molecule has 2 N–H and O–H groups in total. The summed E-state index contributed by atoms with van der Waals surface area (Å²) in [5, 5.41) is 10.9. The number of likely N-dealkylation sites (tertiary alicyclic amines) is 1. The van der Waals surface area contributed by atoms with Gasteiger partial charge in [0.05, 0.1) is 28.5 Å². The van der Waals surface area contributed by atoms with Crippen molar-refractivity contribution in [3.63, 3.8) is 0 Å². The van der Waals surface area contributed by atoms with Gasteiger partial charge in [-0.1, -0.05) is 29.4 Å². The topological polar surface area (TPSA) is 107 Å². The van der Waals surface area contributed by atoms with Gasteiger partial charge in [0.1, 0.15) is 11.8 Å². The van der Waals surface area contributed by atoms with Crippen LogP contribution in [0.3, 0.4) is 0 Å². The Labute approximate surface area is 257 Å². The van der Waals surface area contributed by atoms with E-state index in [4.69, 9.17) is 4.52 Å². The number of piperidine rings is 1. The van der Waals surface area contributed by atoms with Gasteiger partial charge in [-0.3, -0.25) is 14.5 Å². The van der Waals surface area contributed by atoms with Crippen LogP contribution >= 0.6 is 11.3 Å². The van der Waals surface area contributed by atoms with Crippen molar-refractivity contribution in [1.29, 1.82) is 0 Å². The van der Waals surface area contributed by atoms with Gasteiger partial charge in [-0.2, -0.15) is 0 Å². The Morgan fingerprint density at radius 1 is 1.09 bits per heavy atom. The van der Waals surface area contributed by atoms with Crippen molar-refractivity contribution in [1.82, 2.24) is 30.6 Å². The molecule has 3 aliphatic heterocycles. The van der Waals surface area contributed by atoms with Gasteiger partial charge in [-0.25, -0.2) is 4.98 Å². The largest absolute Gasteiger partial charge is 0.359 e. The highest BCUT2D eigenvalue weighted by molar-refractivity contribution is 7.13. The first-order valence-corrected chi connectivity index (χ1v) is 16.6. The number of carbonyl (C=O) groups excluding carboxylic acids is 2. The number of aryl methyl sites for hydroxylation is 1. The lowest BCUT2D eigenvalue weighted by molar-refractivity contribution is -0.138. The molecule has 1 aromatic carbocycles. The number of benzene rings is 1. The fourth-order valence-corrected chi connectivity index (χ4v) is 7.42. The quantitative estimate of drug-likeness (QED) is 0.381. The Bertz CT molecular complexity index is 1380. The second-order valence-electron chi connectivity index (χ2n) is 12.2. The number of hydrogen-bond donors (Lipinski definition) is 2. The average Bonchev–Trinajstić information content (AvgIpc) is 3.80. The minimum Gasteiger partial charge on any atom is -0.359 e. The minimum atomic E-state index is -0.468. The van der Waals surface area contributed by atoms with Crippen molar-refractivity contribution in [2.45, 2.75) is 58.0 Å². The monoisotopic (exact) mass is 605 g/mol. The highest BCUT2D eigenvalue weighted by Crippen LogP contribution is 2.29. The summed E-state index contributed by atoms with van der Waals surface area (Å²) < 4.78 is 5.59. The molecule has 2 aromatic heterocycles. The molecule has 0 bridgehead atoms. The molecule has 43 heavy (non-hydrogen) atoms. The zero-order valence-corrected chi connectivity index (χ0v) is 26.1. The molecule has 2 unspecified atom stereocenters. The van der Waals surface area contributed by atoms with Crippen LogP contribution in [0.15, 0.2) is 40.4 Å². The van der Waals surface area contributed by atoms with E-state index in [-0.39, 0.29) is 24.3 Å². The summed E-state index contributed by atoms with van der Waals surface area (Å²) in [5.74, 6) is 1.94. The van der Waals surface area contributed by atoms with Gasteiger partial charge >= 0.3 is 0 Å². The van der Waals surface area contributed by atoms with Crippen LogP contribution < -0.4 is 15.5 Å². The molecule has 0 aliphatic carbocycles. The maximum atomic E-state index is 13.3. The molecule has 3 aromatic rings. The minimum absolute atomic E-state index is 0.0934. The maximum Gasteiger partial charge on any atom is 0.243 e. The maximum absolute atomic E-state index is 13.3. The number of aromatic nitrogens is 2. The number of hydrogen-bond acceptors (Lipinski definition) is 9. The Hall–Kier alpha value is -3.28. The van der Waals surface area contributed by atoms with E-state index >= 15 is 0 Å². The number of piperazine rings is 1. The summed E-state index contributed by atoms with van der Waals surface area (Å²) in [6.07, 6.45) is 4.12. The molecule has 0 radical (unpaired) electrons. The summed E-state index contributed by atoms with van der Waals surface area (Å²) >= 11 is 1.63. The Morgan fingerprint density at radius 3 is 2.58 bits per heavy atom. The lowest BCUT2D eigenvalue weighted by Gasteiger charge is -2.37. The van der Waals surface area contributed by atoms with Gasteiger partial charge in [0.2, 0.25) is 11.8 Å². The van der Waals surface area contributed by atoms with Crippen LogP contribution in [0.25, 0.3) is 10.4 Å². The van der Waals surface area contributed by atoms with E-state index in [0.29, 0.717) is 18.7 Å². The van der Waals surface area contributed by atoms with Gasteiger partial charge < -0.3 is 25.0 Å². The predicted octanol–water partition coefficient (Wildman–Crippen LogP) is 3.64. The number of nitrogens with one attached hydrogen (secondary N) is 2. The number of nitrogens with zero attached hydrogens (tertiary/aromatic N) is 5. The molecule has 10 nitrogen and oxygen atoms in total. The molecule has 6 rings (SSSR count). The van der Waals surface area contributed by atoms with Crippen LogP contribution in [-0.2, 0) is 16.0 Å². The molecule has 11 heteroatoms. The molecule has 3 fully saturated rings. The average molecular weight is 606 g/mol. The number of carbonyl (C=O) groups is 2. The first-order chi connectivity index (χ1) is 20.9. The highest BCUT2D eigenvalue weighted by atomic mass is 32.1. The molecule has 2 amide bonds. The van der Waals surface area contributed by atoms with E-state index < -0.39 is 6.04 Å². The summed E-state index contributed by atoms with van der Waals surface area (Å²) in [4.78, 5) is 38.6. The van der Waals surface area contributed by atoms with Crippen molar-refractivity contribution in [2.24, 2.45) is 5.92 Å². The van der Waals surface area contributed by atoms with E-state index in [2.05, 4.69) is 42.7 Å². The van der Waals surface area contributed by atoms with Gasteiger partial charge in [0.25, 0.3) is 0 Å². The van der Waals surface area contributed by atoms with E-state index in [1.807, 2.05) is 37.6 Å². The first kappa shape index (κ1) is 29.8. The first-order valence-electron chi connectivity index (χ1n) is 15.7. The second kappa shape index (κ2) is 13.6. The van der Waals surface area contributed by atoms with Crippen molar-refractivity contribution in [3.05, 3.63) is 52.9 Å². The SMILES string of the molecule is Cc1ncsc1-c1ccc(C(C)NC(=O)C2CCCN2C(=O)Cc2cc(N3CCN(CC4CCNCC4)CC3)no2)cc1. The predicted molar refractivity (Wildman–Crippen MR) is 168 cm³/mol. The molecule has 3 saturated heterocycles. The van der Waals surface area contributed by atoms with Crippen molar-refractivity contribution in [2.75, 3.05) is 57.3 Å². The summed E-state index contributed by atoms with van der Waals surface area (Å²) in [6.45, 7) is 11.9. The Morgan fingerprint density at radius 2 is 1.86 bits per heavy atom. The van der Waals surface area contributed by atoms with Gasteiger partial charge in [0.15, 0.2) is 5.82 Å². The fourth-order valence-electron chi connectivity index (χ4n) is 6.61. The number of rotatable bonds is 9. The van der Waals surface area contributed by atoms with Gasteiger partial charge in [-0.05, 0) is 69.7 Å². The van der Waals surface area contributed by atoms with E-state index in [9.17, 15) is 9.59 Å². The zero-order valence-electron chi connectivity index (χ0n) is 25.3. The van der Waals surface area contributed by atoms with E-state index in [0.717, 1.165) is 79.1 Å². The van der Waals surface area contributed by atoms with Crippen LogP contribution in [0.5, 0.6) is 0 Å². The van der Waals surface area contributed by atoms with E-state index in [1.165, 1.54) is 19.4 Å². The van der Waals surface area contributed by atoms with Crippen LogP contribution in [-0.4, -0.2) is 90.2 Å². The smallest absolute Gasteiger partial charge is 0.243 e. The third-order valence-electron chi connectivity index (χ3n) is 9.20. The van der Waals surface area contributed by atoms with Crippen LogP contribution in [0.1, 0.15) is 55.7 Å². The van der Waals surface area contributed by atoms with Crippen LogP contribution in [0.4, 0.5) is 5.82 Å². The van der Waals surface area contributed by atoms with Crippen molar-refractivity contribution in [3.8, 4) is 10.4 Å². The molecule has 2 atom stereocenters. The van der Waals surface area contributed by atoms with Crippen LogP contribution in [0.2, 0.25) is 0 Å². The molecular weight excluding hydrogens is 562 g/mol. The lowest BCUT2D eigenvalue weighted by Crippen LogP contribution is -2.48. The molecule has 0 spiro atoms. The second-order valence-corrected chi connectivity index (χ2v) is 13.0. The Kier molecular flexibility index (Phi) is 9.40. The molecular formula is C32H43N7O3S. The zero-order chi connectivity index (χ0) is 29.8. The van der Waals surface area contributed by atoms with E-state index in [1.54, 1.807) is 16.2 Å². The normalized spacial score (nSPS) is 20.8. The van der Waals surface area contributed by atoms with Gasteiger partial charge in [0, 0.05) is 45.3 Å². The highest BCUT2D eigenvalue weighted by Gasteiger charge is 2.35. The molecule has 3 aliphatic rings. The molecule has 5 heterocycles. The summed E-state index contributed by atoms with van der Waals surface area (Å²) in [5.41, 5.74) is 5.03. The number of anilines is 1. The summed E-state index contributed by atoms with van der Waals surface area (Å²) in [6, 6.07) is 9.50. The fraction of sp³-hybridized carbons (Fsp3) is 0.562. The molecule has 230 valence electrons. The lowest BCUT2D eigenvalue weighted by atomic mass is 9.97. The molecule has 0 saturated carbocycles. The number of thiazole rings is 1. The third kappa shape index (κ3) is 7.11.